The molecule has 2 atom stereocenters. The maximum absolute atomic E-state index is 11.6. The molecule has 1 saturated carbocycles. The molecule has 114 valence electrons. The van der Waals surface area contributed by atoms with Crippen LogP contribution < -0.4 is 5.32 Å². The van der Waals surface area contributed by atoms with Crippen molar-refractivity contribution < 1.29 is 23.8 Å². The Morgan fingerprint density at radius 2 is 2.15 bits per heavy atom. The van der Waals surface area contributed by atoms with Crippen molar-refractivity contribution in [3.8, 4) is 0 Å². The van der Waals surface area contributed by atoms with Crippen LogP contribution in [0.3, 0.4) is 0 Å². The number of rotatable bonds is 8. The minimum absolute atomic E-state index is 0.0760. The third kappa shape index (κ3) is 5.46. The number of carbonyl (C=O) groups is 2. The Morgan fingerprint density at radius 3 is 2.80 bits per heavy atom. The van der Waals surface area contributed by atoms with Crippen molar-refractivity contribution in [1.29, 1.82) is 0 Å². The van der Waals surface area contributed by atoms with E-state index in [-0.39, 0.29) is 18.6 Å². The molecule has 0 spiro atoms. The first-order chi connectivity index (χ1) is 9.65. The fourth-order valence-electron chi connectivity index (χ4n) is 1.98. The van der Waals surface area contributed by atoms with Crippen LogP contribution in [0.15, 0.2) is 0 Å². The predicted molar refractivity (Wildman–Crippen MR) is 71.1 cm³/mol. The Morgan fingerprint density at radius 1 is 1.35 bits per heavy atom. The van der Waals surface area contributed by atoms with Gasteiger partial charge in [0.25, 0.3) is 5.91 Å². The Bertz CT molecular complexity index is 336. The van der Waals surface area contributed by atoms with Gasteiger partial charge in [0.2, 0.25) is 0 Å². The van der Waals surface area contributed by atoms with Gasteiger partial charge < -0.3 is 19.5 Å². The highest BCUT2D eigenvalue weighted by Crippen LogP contribution is 2.27. The second-order valence-corrected chi connectivity index (χ2v) is 5.47. The highest BCUT2D eigenvalue weighted by Gasteiger charge is 2.23. The van der Waals surface area contributed by atoms with E-state index in [0.29, 0.717) is 19.1 Å². The third-order valence-electron chi connectivity index (χ3n) is 3.52. The van der Waals surface area contributed by atoms with Gasteiger partial charge in [-0.25, -0.2) is 4.79 Å². The van der Waals surface area contributed by atoms with Crippen LogP contribution >= 0.6 is 0 Å². The summed E-state index contributed by atoms with van der Waals surface area (Å²) in [6.07, 6.45) is 3.75. The van der Waals surface area contributed by atoms with E-state index in [1.54, 1.807) is 6.92 Å². The van der Waals surface area contributed by atoms with Crippen LogP contribution in [0.25, 0.3) is 0 Å². The number of carbonyl (C=O) groups excluding carboxylic acids is 2. The summed E-state index contributed by atoms with van der Waals surface area (Å²) < 4.78 is 15.7. The molecule has 0 aromatic rings. The molecule has 6 heteroatoms. The first-order valence-electron chi connectivity index (χ1n) is 7.31. The van der Waals surface area contributed by atoms with Crippen LogP contribution in [-0.4, -0.2) is 50.4 Å². The summed E-state index contributed by atoms with van der Waals surface area (Å²) in [7, 11) is 0. The van der Waals surface area contributed by atoms with Crippen LogP contribution in [0.5, 0.6) is 0 Å². The van der Waals surface area contributed by atoms with Gasteiger partial charge in [-0.15, -0.1) is 0 Å². The molecule has 1 N–H and O–H groups in total. The summed E-state index contributed by atoms with van der Waals surface area (Å²) in [5, 5.41) is 2.74. The van der Waals surface area contributed by atoms with Crippen molar-refractivity contribution in [2.75, 3.05) is 26.4 Å². The molecule has 1 aliphatic heterocycles. The SMILES string of the molecule is CC(OCC1CCCO1)C(=O)OCC(=O)NCC1CC1. The maximum Gasteiger partial charge on any atom is 0.335 e. The molecule has 0 aromatic carbocycles. The molecule has 1 aliphatic carbocycles. The molecule has 0 bridgehead atoms. The van der Waals surface area contributed by atoms with E-state index in [9.17, 15) is 9.59 Å². The normalized spacial score (nSPS) is 23.4. The number of hydrogen-bond acceptors (Lipinski definition) is 5. The average Bonchev–Trinajstić information content (AvgIpc) is 3.13. The molecule has 0 aromatic heterocycles. The topological polar surface area (TPSA) is 73.9 Å². The summed E-state index contributed by atoms with van der Waals surface area (Å²) in [5.74, 6) is -0.149. The Balaban J connectivity index is 1.53. The smallest absolute Gasteiger partial charge is 0.335 e. The molecular formula is C14H23NO5. The minimum atomic E-state index is -0.671. The second kappa shape index (κ2) is 7.59. The highest BCUT2D eigenvalue weighted by molar-refractivity contribution is 5.81. The van der Waals surface area contributed by atoms with E-state index in [0.717, 1.165) is 19.4 Å². The quantitative estimate of drug-likeness (QED) is 0.663. The van der Waals surface area contributed by atoms with Crippen molar-refractivity contribution in [1.82, 2.24) is 5.32 Å². The number of ether oxygens (including phenoxy) is 3. The second-order valence-electron chi connectivity index (χ2n) is 5.47. The van der Waals surface area contributed by atoms with Gasteiger partial charge in [-0.05, 0) is 38.5 Å². The van der Waals surface area contributed by atoms with Crippen molar-refractivity contribution in [2.45, 2.75) is 44.8 Å². The fourth-order valence-corrected chi connectivity index (χ4v) is 1.98. The maximum atomic E-state index is 11.6. The summed E-state index contributed by atoms with van der Waals surface area (Å²) in [4.78, 5) is 23.1. The van der Waals surface area contributed by atoms with E-state index < -0.39 is 12.1 Å². The molecule has 2 rings (SSSR count). The van der Waals surface area contributed by atoms with Gasteiger partial charge in [-0.1, -0.05) is 0 Å². The molecule has 0 radical (unpaired) electrons. The van der Waals surface area contributed by atoms with Crippen LogP contribution in [0.2, 0.25) is 0 Å². The van der Waals surface area contributed by atoms with Crippen LogP contribution in [0.4, 0.5) is 0 Å². The van der Waals surface area contributed by atoms with E-state index in [4.69, 9.17) is 14.2 Å². The zero-order valence-corrected chi connectivity index (χ0v) is 11.9. The van der Waals surface area contributed by atoms with Crippen LogP contribution in [0.1, 0.15) is 32.6 Å². The van der Waals surface area contributed by atoms with Crippen molar-refractivity contribution in [3.63, 3.8) is 0 Å². The first kappa shape index (κ1) is 15.3. The van der Waals surface area contributed by atoms with E-state index in [1.807, 2.05) is 0 Å². The zero-order chi connectivity index (χ0) is 14.4. The lowest BCUT2D eigenvalue weighted by Crippen LogP contribution is -2.33. The molecule has 20 heavy (non-hydrogen) atoms. The van der Waals surface area contributed by atoms with Gasteiger partial charge in [0.1, 0.15) is 0 Å². The Kier molecular flexibility index (Phi) is 5.79. The first-order valence-corrected chi connectivity index (χ1v) is 7.31. The molecule has 2 unspecified atom stereocenters. The minimum Gasteiger partial charge on any atom is -0.454 e. The lowest BCUT2D eigenvalue weighted by Gasteiger charge is -2.15. The highest BCUT2D eigenvalue weighted by atomic mass is 16.6. The molecule has 2 fully saturated rings. The Labute approximate surface area is 119 Å². The monoisotopic (exact) mass is 285 g/mol. The lowest BCUT2D eigenvalue weighted by atomic mass is 10.2. The summed E-state index contributed by atoms with van der Waals surface area (Å²) in [5.41, 5.74) is 0. The molecule has 6 nitrogen and oxygen atoms in total. The van der Waals surface area contributed by atoms with Crippen molar-refractivity contribution in [3.05, 3.63) is 0 Å². The lowest BCUT2D eigenvalue weighted by molar-refractivity contribution is -0.160. The molecule has 1 saturated heterocycles. The van der Waals surface area contributed by atoms with Gasteiger partial charge >= 0.3 is 5.97 Å². The summed E-state index contributed by atoms with van der Waals surface area (Å²) in [6.45, 7) is 3.22. The number of esters is 1. The van der Waals surface area contributed by atoms with Gasteiger partial charge in [0.05, 0.1) is 12.7 Å². The van der Waals surface area contributed by atoms with Gasteiger partial charge in [0, 0.05) is 13.2 Å². The molecule has 1 amide bonds. The standard InChI is InChI=1S/C14H23NO5/c1-10(19-8-12-3-2-6-18-12)14(17)20-9-13(16)15-7-11-4-5-11/h10-12H,2-9H2,1H3,(H,15,16). The zero-order valence-electron chi connectivity index (χ0n) is 11.9. The largest absolute Gasteiger partial charge is 0.454 e. The summed E-state index contributed by atoms with van der Waals surface area (Å²) in [6, 6.07) is 0. The average molecular weight is 285 g/mol. The van der Waals surface area contributed by atoms with Crippen molar-refractivity contribution in [2.24, 2.45) is 5.92 Å². The third-order valence-corrected chi connectivity index (χ3v) is 3.52. The number of nitrogens with one attached hydrogen (secondary N) is 1. The molecule has 2 aliphatic rings. The molecule has 1 heterocycles. The van der Waals surface area contributed by atoms with E-state index in [1.165, 1.54) is 12.8 Å². The summed E-state index contributed by atoms with van der Waals surface area (Å²) >= 11 is 0. The number of amides is 1. The number of hydrogen-bond donors (Lipinski definition) is 1. The molecular weight excluding hydrogens is 262 g/mol. The van der Waals surface area contributed by atoms with Gasteiger partial charge in [-0.2, -0.15) is 0 Å². The van der Waals surface area contributed by atoms with Crippen LogP contribution in [0, 0.1) is 5.92 Å². The van der Waals surface area contributed by atoms with Crippen molar-refractivity contribution >= 4 is 11.9 Å². The van der Waals surface area contributed by atoms with Gasteiger partial charge in [-0.3, -0.25) is 4.79 Å². The van der Waals surface area contributed by atoms with Gasteiger partial charge in [0.15, 0.2) is 12.7 Å². The van der Waals surface area contributed by atoms with E-state index >= 15 is 0 Å². The fraction of sp³-hybridized carbons (Fsp3) is 0.857. The van der Waals surface area contributed by atoms with E-state index in [2.05, 4.69) is 5.32 Å². The van der Waals surface area contributed by atoms with Crippen LogP contribution in [-0.2, 0) is 23.8 Å². The Hall–Kier alpha value is -1.14. The predicted octanol–water partition coefficient (Wildman–Crippen LogP) is 0.640.